The van der Waals surface area contributed by atoms with Gasteiger partial charge < -0.3 is 16.4 Å². The van der Waals surface area contributed by atoms with Crippen LogP contribution in [0.1, 0.15) is 22.0 Å². The van der Waals surface area contributed by atoms with E-state index in [2.05, 4.69) is 16.0 Å². The second kappa shape index (κ2) is 9.99. The second-order valence-corrected chi connectivity index (χ2v) is 6.54. The Hall–Kier alpha value is -3.97. The topological polar surface area (TPSA) is 113 Å². The van der Waals surface area contributed by atoms with E-state index in [0.717, 1.165) is 5.56 Å². The van der Waals surface area contributed by atoms with E-state index in [1.165, 1.54) is 6.07 Å². The fourth-order valence-electron chi connectivity index (χ4n) is 2.94. The molecule has 0 saturated carbocycles. The third-order valence-electron chi connectivity index (χ3n) is 4.37. The Morgan fingerprint density at radius 3 is 2.03 bits per heavy atom. The first kappa shape index (κ1) is 20.8. The molecule has 0 bridgehead atoms. The molecule has 152 valence electrons. The van der Waals surface area contributed by atoms with Crippen molar-refractivity contribution in [3.05, 3.63) is 96.1 Å². The lowest BCUT2D eigenvalue weighted by atomic mass is 10.1. The molecule has 0 radical (unpaired) electrons. The first-order valence-corrected chi connectivity index (χ1v) is 9.37. The molecule has 0 spiro atoms. The molecule has 0 saturated heterocycles. The molecule has 7 nitrogen and oxygen atoms in total. The number of hydrogen-bond acceptors (Lipinski definition) is 4. The highest BCUT2D eigenvalue weighted by Gasteiger charge is 2.21. The summed E-state index contributed by atoms with van der Waals surface area (Å²) in [6.07, 6.45) is 0. The van der Waals surface area contributed by atoms with Crippen LogP contribution in [0.2, 0.25) is 0 Å². The van der Waals surface area contributed by atoms with Crippen molar-refractivity contribution in [2.24, 2.45) is 5.73 Å². The minimum atomic E-state index is -0.747. The third kappa shape index (κ3) is 5.52. The SMILES string of the molecule is NC(=O)c1ccccc1NC(=O)CNC(C(=O)Nc1ccccc1)c1ccccc1. The van der Waals surface area contributed by atoms with Crippen LogP contribution in [0, 0.1) is 0 Å². The largest absolute Gasteiger partial charge is 0.366 e. The van der Waals surface area contributed by atoms with E-state index in [9.17, 15) is 14.4 Å². The van der Waals surface area contributed by atoms with Crippen LogP contribution >= 0.6 is 0 Å². The zero-order valence-electron chi connectivity index (χ0n) is 16.2. The summed E-state index contributed by atoms with van der Waals surface area (Å²) in [5.74, 6) is -1.34. The molecular formula is C23H22N4O3. The summed E-state index contributed by atoms with van der Waals surface area (Å²) >= 11 is 0. The zero-order valence-corrected chi connectivity index (χ0v) is 16.2. The Morgan fingerprint density at radius 2 is 1.37 bits per heavy atom. The van der Waals surface area contributed by atoms with Crippen LogP contribution < -0.4 is 21.7 Å². The number of amides is 3. The van der Waals surface area contributed by atoms with E-state index >= 15 is 0 Å². The van der Waals surface area contributed by atoms with Crippen molar-refractivity contribution in [3.8, 4) is 0 Å². The van der Waals surface area contributed by atoms with Gasteiger partial charge in [0.2, 0.25) is 11.8 Å². The van der Waals surface area contributed by atoms with Crippen molar-refractivity contribution in [2.45, 2.75) is 6.04 Å². The van der Waals surface area contributed by atoms with Crippen molar-refractivity contribution in [3.63, 3.8) is 0 Å². The van der Waals surface area contributed by atoms with Crippen molar-refractivity contribution in [1.82, 2.24) is 5.32 Å². The fraction of sp³-hybridized carbons (Fsp3) is 0.0870. The Kier molecular flexibility index (Phi) is 6.91. The number of benzene rings is 3. The third-order valence-corrected chi connectivity index (χ3v) is 4.37. The van der Waals surface area contributed by atoms with Gasteiger partial charge in [0.1, 0.15) is 6.04 Å². The average molecular weight is 402 g/mol. The highest BCUT2D eigenvalue weighted by molar-refractivity contribution is 6.03. The van der Waals surface area contributed by atoms with Crippen LogP contribution in [0.25, 0.3) is 0 Å². The van der Waals surface area contributed by atoms with E-state index in [4.69, 9.17) is 5.73 Å². The Labute approximate surface area is 174 Å². The molecule has 7 heteroatoms. The van der Waals surface area contributed by atoms with Gasteiger partial charge in [-0.15, -0.1) is 0 Å². The van der Waals surface area contributed by atoms with Gasteiger partial charge in [0.15, 0.2) is 0 Å². The predicted octanol–water partition coefficient (Wildman–Crippen LogP) is 2.69. The number of nitrogens with two attached hydrogens (primary N) is 1. The maximum Gasteiger partial charge on any atom is 0.250 e. The number of nitrogens with one attached hydrogen (secondary N) is 3. The van der Waals surface area contributed by atoms with Crippen molar-refractivity contribution >= 4 is 29.1 Å². The van der Waals surface area contributed by atoms with Gasteiger partial charge in [-0.1, -0.05) is 60.7 Å². The fourth-order valence-corrected chi connectivity index (χ4v) is 2.94. The minimum Gasteiger partial charge on any atom is -0.366 e. The molecule has 3 amide bonds. The van der Waals surface area contributed by atoms with Gasteiger partial charge in [-0.05, 0) is 29.8 Å². The van der Waals surface area contributed by atoms with E-state index in [-0.39, 0.29) is 18.0 Å². The summed E-state index contributed by atoms with van der Waals surface area (Å²) in [5, 5.41) is 8.48. The molecule has 0 aromatic heterocycles. The number of primary amides is 1. The Morgan fingerprint density at radius 1 is 0.767 bits per heavy atom. The highest BCUT2D eigenvalue weighted by Crippen LogP contribution is 2.17. The lowest BCUT2D eigenvalue weighted by molar-refractivity contribution is -0.119. The number of hydrogen-bond donors (Lipinski definition) is 4. The van der Waals surface area contributed by atoms with E-state index in [1.54, 1.807) is 30.3 Å². The number of para-hydroxylation sites is 2. The quantitative estimate of drug-likeness (QED) is 0.464. The van der Waals surface area contributed by atoms with Crippen LogP contribution in [-0.4, -0.2) is 24.3 Å². The van der Waals surface area contributed by atoms with Gasteiger partial charge in [0.05, 0.1) is 17.8 Å². The van der Waals surface area contributed by atoms with Crippen LogP contribution in [0.3, 0.4) is 0 Å². The molecule has 1 unspecified atom stereocenters. The predicted molar refractivity (Wildman–Crippen MR) is 116 cm³/mol. The normalized spacial score (nSPS) is 11.3. The van der Waals surface area contributed by atoms with Gasteiger partial charge in [-0.3, -0.25) is 19.7 Å². The molecule has 5 N–H and O–H groups in total. The van der Waals surface area contributed by atoms with Crippen molar-refractivity contribution < 1.29 is 14.4 Å². The minimum absolute atomic E-state index is 0.144. The molecule has 3 rings (SSSR count). The molecule has 3 aromatic rings. The summed E-state index contributed by atoms with van der Waals surface area (Å²) < 4.78 is 0. The van der Waals surface area contributed by atoms with Crippen LogP contribution in [0.15, 0.2) is 84.9 Å². The van der Waals surface area contributed by atoms with Gasteiger partial charge in [-0.2, -0.15) is 0 Å². The summed E-state index contributed by atoms with van der Waals surface area (Å²) in [4.78, 5) is 36.8. The molecular weight excluding hydrogens is 380 g/mol. The molecule has 0 fully saturated rings. The first-order chi connectivity index (χ1) is 14.5. The maximum atomic E-state index is 12.9. The molecule has 0 aliphatic heterocycles. The number of carbonyl (C=O) groups excluding carboxylic acids is 3. The zero-order chi connectivity index (χ0) is 21.3. The van der Waals surface area contributed by atoms with Crippen LogP contribution in [0.5, 0.6) is 0 Å². The highest BCUT2D eigenvalue weighted by atomic mass is 16.2. The second-order valence-electron chi connectivity index (χ2n) is 6.54. The van der Waals surface area contributed by atoms with Crippen molar-refractivity contribution in [2.75, 3.05) is 17.2 Å². The molecule has 0 aliphatic rings. The lowest BCUT2D eigenvalue weighted by Crippen LogP contribution is -2.38. The molecule has 0 heterocycles. The van der Waals surface area contributed by atoms with E-state index < -0.39 is 17.9 Å². The van der Waals surface area contributed by atoms with Crippen molar-refractivity contribution in [1.29, 1.82) is 0 Å². The molecule has 3 aromatic carbocycles. The van der Waals surface area contributed by atoms with Gasteiger partial charge in [0.25, 0.3) is 5.91 Å². The Bertz CT molecular complexity index is 1020. The average Bonchev–Trinajstić information content (AvgIpc) is 2.75. The van der Waals surface area contributed by atoms with Crippen LogP contribution in [-0.2, 0) is 9.59 Å². The van der Waals surface area contributed by atoms with Crippen LogP contribution in [0.4, 0.5) is 11.4 Å². The van der Waals surface area contributed by atoms with Gasteiger partial charge in [0, 0.05) is 5.69 Å². The van der Waals surface area contributed by atoms with Gasteiger partial charge >= 0.3 is 0 Å². The number of rotatable bonds is 8. The molecule has 0 aliphatic carbocycles. The van der Waals surface area contributed by atoms with E-state index in [0.29, 0.717) is 11.4 Å². The summed E-state index contributed by atoms with van der Waals surface area (Å²) in [5.41, 5.74) is 7.26. The smallest absolute Gasteiger partial charge is 0.250 e. The maximum absolute atomic E-state index is 12.9. The van der Waals surface area contributed by atoms with Gasteiger partial charge in [-0.25, -0.2) is 0 Å². The summed E-state index contributed by atoms with van der Waals surface area (Å²) in [6, 6.07) is 23.9. The standard InChI is InChI=1S/C23H22N4O3/c24-22(29)18-13-7-8-14-19(18)27-20(28)15-25-21(16-9-3-1-4-10-16)23(30)26-17-11-5-2-6-12-17/h1-14,21,25H,15H2,(H2,24,29)(H,26,30)(H,27,28). The first-order valence-electron chi connectivity index (χ1n) is 9.37. The lowest BCUT2D eigenvalue weighted by Gasteiger charge is -2.19. The van der Waals surface area contributed by atoms with E-state index in [1.807, 2.05) is 48.5 Å². The monoisotopic (exact) mass is 402 g/mol. The Balaban J connectivity index is 1.70. The summed E-state index contributed by atoms with van der Waals surface area (Å²) in [6.45, 7) is -0.144. The number of anilines is 2. The molecule has 1 atom stereocenters. The summed E-state index contributed by atoms with van der Waals surface area (Å²) in [7, 11) is 0. The molecule has 30 heavy (non-hydrogen) atoms. The number of carbonyl (C=O) groups is 3.